The molecule has 0 bridgehead atoms. The van der Waals surface area contributed by atoms with E-state index in [-0.39, 0.29) is 18.0 Å². The van der Waals surface area contributed by atoms with E-state index < -0.39 is 5.82 Å². The van der Waals surface area contributed by atoms with E-state index in [1.807, 2.05) is 0 Å². The lowest BCUT2D eigenvalue weighted by molar-refractivity contribution is -0.116. The van der Waals surface area contributed by atoms with E-state index in [0.717, 1.165) is 0 Å². The Labute approximate surface area is 86.6 Å². The van der Waals surface area contributed by atoms with Crippen molar-refractivity contribution in [3.05, 3.63) is 28.5 Å². The molecule has 0 saturated heterocycles. The summed E-state index contributed by atoms with van der Waals surface area (Å²) in [6.45, 7) is 1.40. The molecule has 4 heteroatoms. The molecule has 0 aliphatic carbocycles. The second-order valence-electron chi connectivity index (χ2n) is 2.96. The van der Waals surface area contributed by atoms with Gasteiger partial charge >= 0.3 is 0 Å². The van der Waals surface area contributed by atoms with Crippen molar-refractivity contribution in [3.63, 3.8) is 0 Å². The lowest BCUT2D eigenvalue weighted by atomic mass is 10.1. The minimum absolute atomic E-state index is 0.0511. The Morgan fingerprint density at radius 2 is 2.21 bits per heavy atom. The van der Waals surface area contributed by atoms with Crippen molar-refractivity contribution in [2.75, 3.05) is 7.11 Å². The first-order valence-electron chi connectivity index (χ1n) is 4.06. The molecule has 0 aliphatic rings. The van der Waals surface area contributed by atoms with Gasteiger partial charge in [0.1, 0.15) is 17.3 Å². The van der Waals surface area contributed by atoms with Gasteiger partial charge in [0.2, 0.25) is 0 Å². The molecule has 0 atom stereocenters. The van der Waals surface area contributed by atoms with Gasteiger partial charge in [0, 0.05) is 12.5 Å². The number of carbonyl (C=O) groups excluding carboxylic acids is 1. The van der Waals surface area contributed by atoms with E-state index in [2.05, 4.69) is 0 Å². The summed E-state index contributed by atoms with van der Waals surface area (Å²) in [6, 6.07) is 2.59. The average molecular weight is 217 g/mol. The van der Waals surface area contributed by atoms with Crippen LogP contribution < -0.4 is 4.74 Å². The summed E-state index contributed by atoms with van der Waals surface area (Å²) in [5.41, 5.74) is 0.295. The largest absolute Gasteiger partial charge is 0.495 e. The molecule has 0 aliphatic heterocycles. The summed E-state index contributed by atoms with van der Waals surface area (Å²) in [4.78, 5) is 10.8. The fourth-order valence-corrected chi connectivity index (χ4v) is 1.39. The fraction of sp³-hybridized carbons (Fsp3) is 0.300. The molecule has 0 amide bonds. The fourth-order valence-electron chi connectivity index (χ4n) is 1.13. The summed E-state index contributed by atoms with van der Waals surface area (Å²) in [5, 5.41) is 0.310. The molecular weight excluding hydrogens is 207 g/mol. The number of halogens is 2. The zero-order valence-electron chi connectivity index (χ0n) is 7.93. The molecule has 2 nitrogen and oxygen atoms in total. The number of rotatable bonds is 3. The van der Waals surface area contributed by atoms with E-state index in [9.17, 15) is 9.18 Å². The van der Waals surface area contributed by atoms with E-state index >= 15 is 0 Å². The molecular formula is C10H10ClFO2. The Morgan fingerprint density at radius 3 is 2.71 bits per heavy atom. The van der Waals surface area contributed by atoms with E-state index in [1.165, 1.54) is 26.2 Å². The quantitative estimate of drug-likeness (QED) is 0.777. The molecule has 0 radical (unpaired) electrons. The van der Waals surface area contributed by atoms with Gasteiger partial charge in [-0.3, -0.25) is 4.79 Å². The van der Waals surface area contributed by atoms with Crippen LogP contribution in [0, 0.1) is 5.82 Å². The van der Waals surface area contributed by atoms with Crippen LogP contribution in [0.2, 0.25) is 5.02 Å². The first-order chi connectivity index (χ1) is 6.54. The Bertz CT molecular complexity index is 363. The number of carbonyl (C=O) groups is 1. The van der Waals surface area contributed by atoms with Gasteiger partial charge in [0.05, 0.1) is 12.1 Å². The number of benzene rings is 1. The van der Waals surface area contributed by atoms with Gasteiger partial charge in [-0.2, -0.15) is 0 Å². The van der Waals surface area contributed by atoms with Crippen LogP contribution in [-0.2, 0) is 11.2 Å². The Hall–Kier alpha value is -1.09. The van der Waals surface area contributed by atoms with Gasteiger partial charge in [-0.25, -0.2) is 4.39 Å². The summed E-state index contributed by atoms with van der Waals surface area (Å²) in [7, 11) is 1.41. The van der Waals surface area contributed by atoms with Crippen LogP contribution in [0.4, 0.5) is 4.39 Å². The van der Waals surface area contributed by atoms with Crippen molar-refractivity contribution in [2.45, 2.75) is 13.3 Å². The minimum Gasteiger partial charge on any atom is -0.495 e. The standard InChI is InChI=1S/C10H10ClFO2/c1-6(13)3-7-4-8(11)10(14-2)5-9(7)12/h4-5H,3H2,1-2H3. The first-order valence-corrected chi connectivity index (χ1v) is 4.43. The Kier molecular flexibility index (Phi) is 3.47. The first kappa shape index (κ1) is 11.0. The minimum atomic E-state index is -0.471. The van der Waals surface area contributed by atoms with Crippen LogP contribution in [0.1, 0.15) is 12.5 Å². The number of ketones is 1. The maximum absolute atomic E-state index is 13.3. The maximum Gasteiger partial charge on any atom is 0.140 e. The predicted molar refractivity (Wildman–Crippen MR) is 52.3 cm³/mol. The molecule has 14 heavy (non-hydrogen) atoms. The maximum atomic E-state index is 13.3. The smallest absolute Gasteiger partial charge is 0.140 e. The van der Waals surface area contributed by atoms with Crippen molar-refractivity contribution in [3.8, 4) is 5.75 Å². The molecule has 76 valence electrons. The third-order valence-corrected chi connectivity index (χ3v) is 2.06. The topological polar surface area (TPSA) is 26.3 Å². The van der Waals surface area contributed by atoms with Gasteiger partial charge in [-0.05, 0) is 18.6 Å². The summed E-state index contributed by atoms with van der Waals surface area (Å²) >= 11 is 5.78. The van der Waals surface area contributed by atoms with E-state index in [4.69, 9.17) is 16.3 Å². The summed E-state index contributed by atoms with van der Waals surface area (Å²) in [6.07, 6.45) is 0.0511. The van der Waals surface area contributed by atoms with E-state index in [1.54, 1.807) is 0 Å². The highest BCUT2D eigenvalue weighted by molar-refractivity contribution is 6.32. The number of hydrogen-bond donors (Lipinski definition) is 0. The highest BCUT2D eigenvalue weighted by atomic mass is 35.5. The molecule has 0 spiro atoms. The molecule has 1 rings (SSSR count). The van der Waals surface area contributed by atoms with Gasteiger partial charge in [0.25, 0.3) is 0 Å². The van der Waals surface area contributed by atoms with Crippen LogP contribution in [0.15, 0.2) is 12.1 Å². The van der Waals surface area contributed by atoms with Crippen molar-refractivity contribution < 1.29 is 13.9 Å². The number of methoxy groups -OCH3 is 1. The number of hydrogen-bond acceptors (Lipinski definition) is 2. The van der Waals surface area contributed by atoms with Crippen molar-refractivity contribution in [2.24, 2.45) is 0 Å². The van der Waals surface area contributed by atoms with Gasteiger partial charge < -0.3 is 4.74 Å². The van der Waals surface area contributed by atoms with Crippen molar-refractivity contribution in [1.82, 2.24) is 0 Å². The lowest BCUT2D eigenvalue weighted by Gasteiger charge is -2.06. The van der Waals surface area contributed by atoms with Crippen molar-refractivity contribution in [1.29, 1.82) is 0 Å². The third kappa shape index (κ3) is 2.45. The van der Waals surface area contributed by atoms with Gasteiger partial charge in [-0.1, -0.05) is 11.6 Å². The monoisotopic (exact) mass is 216 g/mol. The molecule has 1 aromatic carbocycles. The second kappa shape index (κ2) is 4.42. The van der Waals surface area contributed by atoms with Gasteiger partial charge in [0.15, 0.2) is 0 Å². The summed E-state index contributed by atoms with van der Waals surface area (Å²) in [5.74, 6) is -0.303. The normalized spacial score (nSPS) is 10.0. The lowest BCUT2D eigenvalue weighted by Crippen LogP contribution is -2.00. The average Bonchev–Trinajstić information content (AvgIpc) is 2.10. The second-order valence-corrected chi connectivity index (χ2v) is 3.36. The van der Waals surface area contributed by atoms with Crippen LogP contribution in [0.3, 0.4) is 0 Å². The zero-order chi connectivity index (χ0) is 10.7. The SMILES string of the molecule is COc1cc(F)c(CC(C)=O)cc1Cl. The predicted octanol–water partition coefficient (Wildman–Crippen LogP) is 2.62. The molecule has 1 aromatic rings. The molecule has 0 saturated carbocycles. The molecule has 0 unspecified atom stereocenters. The van der Waals surface area contributed by atoms with E-state index in [0.29, 0.717) is 10.6 Å². The van der Waals surface area contributed by atoms with Gasteiger partial charge in [-0.15, -0.1) is 0 Å². The van der Waals surface area contributed by atoms with Crippen LogP contribution in [0.25, 0.3) is 0 Å². The Morgan fingerprint density at radius 1 is 1.57 bits per heavy atom. The van der Waals surface area contributed by atoms with Crippen LogP contribution in [0.5, 0.6) is 5.75 Å². The van der Waals surface area contributed by atoms with Crippen molar-refractivity contribution >= 4 is 17.4 Å². The molecule has 0 aromatic heterocycles. The molecule has 0 heterocycles. The molecule has 0 fully saturated rings. The van der Waals surface area contributed by atoms with Crippen LogP contribution >= 0.6 is 11.6 Å². The number of Topliss-reactive ketones (excluding diaryl/α,β-unsaturated/α-hetero) is 1. The summed E-state index contributed by atoms with van der Waals surface area (Å²) < 4.78 is 18.1. The third-order valence-electron chi connectivity index (χ3n) is 1.76. The highest BCUT2D eigenvalue weighted by Gasteiger charge is 2.10. The Balaban J connectivity index is 3.08. The highest BCUT2D eigenvalue weighted by Crippen LogP contribution is 2.27. The zero-order valence-corrected chi connectivity index (χ0v) is 8.69. The molecule has 0 N–H and O–H groups in total. The van der Waals surface area contributed by atoms with Crippen LogP contribution in [-0.4, -0.2) is 12.9 Å². The number of ether oxygens (including phenoxy) is 1.